The van der Waals surface area contributed by atoms with Gasteiger partial charge in [-0.15, -0.1) is 0 Å². The Morgan fingerprint density at radius 2 is 1.81 bits per heavy atom. The molecule has 1 heterocycles. The quantitative estimate of drug-likeness (QED) is 0.656. The summed E-state index contributed by atoms with van der Waals surface area (Å²) in [7, 11) is 0. The normalized spacial score (nSPS) is 38.6. The fourth-order valence-electron chi connectivity index (χ4n) is 7.99. The van der Waals surface area contributed by atoms with Gasteiger partial charge in [0, 0.05) is 50.5 Å². The van der Waals surface area contributed by atoms with Gasteiger partial charge in [0.25, 0.3) is 0 Å². The smallest absolute Gasteiger partial charge is 0.302 e. The molecule has 1 saturated heterocycles. The molecular formula is C27H38N2O3. The number of ketones is 1. The van der Waals surface area contributed by atoms with Gasteiger partial charge in [-0.25, -0.2) is 0 Å². The van der Waals surface area contributed by atoms with Crippen molar-refractivity contribution in [3.63, 3.8) is 0 Å². The molecule has 5 atom stereocenters. The summed E-state index contributed by atoms with van der Waals surface area (Å²) in [6, 6.07) is 10.6. The second kappa shape index (κ2) is 8.90. The monoisotopic (exact) mass is 438 g/mol. The summed E-state index contributed by atoms with van der Waals surface area (Å²) >= 11 is 0. The van der Waals surface area contributed by atoms with Crippen molar-refractivity contribution in [2.24, 2.45) is 29.6 Å². The summed E-state index contributed by atoms with van der Waals surface area (Å²) in [5, 5.41) is 3.98. The van der Waals surface area contributed by atoms with Crippen molar-refractivity contribution in [3.8, 4) is 0 Å². The summed E-state index contributed by atoms with van der Waals surface area (Å²) in [5.74, 6) is 2.71. The van der Waals surface area contributed by atoms with Crippen LogP contribution >= 0.6 is 0 Å². The maximum Gasteiger partial charge on any atom is 0.302 e. The molecule has 0 amide bonds. The first-order valence-corrected chi connectivity index (χ1v) is 12.6. The van der Waals surface area contributed by atoms with Crippen LogP contribution in [0.2, 0.25) is 0 Å². The first-order valence-electron chi connectivity index (χ1n) is 12.6. The lowest BCUT2D eigenvalue weighted by Gasteiger charge is -2.61. The average Bonchev–Trinajstić information content (AvgIpc) is 2.73. The van der Waals surface area contributed by atoms with E-state index in [9.17, 15) is 9.59 Å². The van der Waals surface area contributed by atoms with Crippen LogP contribution in [0.4, 0.5) is 0 Å². The molecule has 1 aromatic carbocycles. The largest absolute Gasteiger partial charge is 0.462 e. The van der Waals surface area contributed by atoms with Crippen LogP contribution in [0.1, 0.15) is 57.9 Å². The van der Waals surface area contributed by atoms with Gasteiger partial charge in [0.05, 0.1) is 0 Å². The van der Waals surface area contributed by atoms with Crippen LogP contribution in [0.15, 0.2) is 30.3 Å². The van der Waals surface area contributed by atoms with Gasteiger partial charge in [-0.05, 0) is 68.8 Å². The van der Waals surface area contributed by atoms with E-state index in [0.717, 1.165) is 57.3 Å². The van der Waals surface area contributed by atoms with Crippen LogP contribution < -0.4 is 5.32 Å². The minimum Gasteiger partial charge on any atom is -0.462 e. The molecule has 1 N–H and O–H groups in total. The van der Waals surface area contributed by atoms with Crippen LogP contribution in [0.3, 0.4) is 0 Å². The van der Waals surface area contributed by atoms with Gasteiger partial charge in [0.2, 0.25) is 0 Å². The lowest BCUT2D eigenvalue weighted by atomic mass is 9.47. The second-order valence-corrected chi connectivity index (χ2v) is 11.2. The molecular weight excluding hydrogens is 400 g/mol. The predicted octanol–water partition coefficient (Wildman–Crippen LogP) is 3.81. The Morgan fingerprint density at radius 1 is 1.09 bits per heavy atom. The van der Waals surface area contributed by atoms with Crippen molar-refractivity contribution in [1.29, 1.82) is 0 Å². The summed E-state index contributed by atoms with van der Waals surface area (Å²) in [6.07, 6.45) is 6.95. The summed E-state index contributed by atoms with van der Waals surface area (Å²) in [6.45, 7) is 6.93. The van der Waals surface area contributed by atoms with E-state index in [2.05, 4.69) is 40.5 Å². The van der Waals surface area contributed by atoms with Gasteiger partial charge in [-0.1, -0.05) is 30.3 Å². The van der Waals surface area contributed by atoms with Gasteiger partial charge in [-0.2, -0.15) is 0 Å². The van der Waals surface area contributed by atoms with Gasteiger partial charge < -0.3 is 10.1 Å². The minimum absolute atomic E-state index is 0.0386. The molecule has 0 aromatic heterocycles. The molecule has 5 nitrogen and oxygen atoms in total. The van der Waals surface area contributed by atoms with Gasteiger partial charge >= 0.3 is 5.97 Å². The molecule has 0 radical (unpaired) electrons. The zero-order valence-corrected chi connectivity index (χ0v) is 19.6. The van der Waals surface area contributed by atoms with Crippen LogP contribution in [0, 0.1) is 29.6 Å². The van der Waals surface area contributed by atoms with Crippen LogP contribution in [-0.4, -0.2) is 47.9 Å². The molecule has 4 saturated carbocycles. The lowest BCUT2D eigenvalue weighted by molar-refractivity contribution is -0.152. The topological polar surface area (TPSA) is 58.6 Å². The number of carbonyl (C=O) groups excluding carboxylic acids is 2. The molecule has 5 heteroatoms. The number of benzene rings is 1. The van der Waals surface area contributed by atoms with Crippen LogP contribution in [-0.2, 0) is 20.9 Å². The highest BCUT2D eigenvalue weighted by molar-refractivity contribution is 5.80. The van der Waals surface area contributed by atoms with Gasteiger partial charge in [0.15, 0.2) is 0 Å². The molecule has 5 fully saturated rings. The molecule has 6 rings (SSSR count). The van der Waals surface area contributed by atoms with E-state index in [-0.39, 0.29) is 29.4 Å². The van der Waals surface area contributed by atoms with E-state index in [1.54, 1.807) is 6.92 Å². The SMILES string of the molecule is CC(=O)O[C@@H]1CCN(Cc2ccccc2)C[C@@H]1CNC12CC3CC(CC(C3)C1C(C)=O)C2. The van der Waals surface area contributed by atoms with Crippen molar-refractivity contribution in [1.82, 2.24) is 10.2 Å². The Hall–Kier alpha value is -1.72. The predicted molar refractivity (Wildman–Crippen MR) is 124 cm³/mol. The molecule has 4 aliphatic carbocycles. The van der Waals surface area contributed by atoms with E-state index >= 15 is 0 Å². The number of hydrogen-bond acceptors (Lipinski definition) is 5. The Labute approximate surface area is 192 Å². The fourth-order valence-corrected chi connectivity index (χ4v) is 7.99. The van der Waals surface area contributed by atoms with Crippen molar-refractivity contribution in [2.45, 2.75) is 70.6 Å². The third-order valence-corrected chi connectivity index (χ3v) is 8.78. The Kier molecular flexibility index (Phi) is 6.15. The number of ether oxygens (including phenoxy) is 1. The summed E-state index contributed by atoms with van der Waals surface area (Å²) < 4.78 is 5.78. The van der Waals surface area contributed by atoms with Crippen molar-refractivity contribution < 1.29 is 14.3 Å². The summed E-state index contributed by atoms with van der Waals surface area (Å²) in [4.78, 5) is 27.0. The molecule has 3 unspecified atom stereocenters. The molecule has 174 valence electrons. The number of esters is 1. The lowest BCUT2D eigenvalue weighted by Crippen LogP contribution is -2.67. The van der Waals surface area contributed by atoms with Crippen LogP contribution in [0.5, 0.6) is 0 Å². The van der Waals surface area contributed by atoms with E-state index in [1.165, 1.54) is 31.7 Å². The minimum atomic E-state index is -0.187. The zero-order valence-electron chi connectivity index (χ0n) is 19.6. The van der Waals surface area contributed by atoms with Gasteiger partial charge in [0.1, 0.15) is 11.9 Å². The highest BCUT2D eigenvalue weighted by atomic mass is 16.5. The molecule has 5 aliphatic rings. The van der Waals surface area contributed by atoms with Crippen LogP contribution in [0.25, 0.3) is 0 Å². The molecule has 4 bridgehead atoms. The molecule has 0 spiro atoms. The number of nitrogens with zero attached hydrogens (tertiary/aromatic N) is 1. The van der Waals surface area contributed by atoms with E-state index in [1.807, 2.05) is 0 Å². The maximum absolute atomic E-state index is 12.7. The standard InChI is InChI=1S/C27H38N2O3/c1-18(30)26-23-11-21-10-22(12-23)14-27(26,13-21)28-15-24-17-29(9-8-25(24)32-19(2)31)16-20-6-4-3-5-7-20/h3-7,21-26,28H,8-17H2,1-2H3/t21?,22?,23?,24-,25+,26?,27?/m0/s1. The molecule has 1 aliphatic heterocycles. The highest BCUT2D eigenvalue weighted by Crippen LogP contribution is 2.58. The number of hydrogen-bond donors (Lipinski definition) is 1. The van der Waals surface area contributed by atoms with Crippen molar-refractivity contribution >= 4 is 11.8 Å². The van der Waals surface area contributed by atoms with E-state index in [4.69, 9.17) is 4.74 Å². The third kappa shape index (κ3) is 4.38. The van der Waals surface area contributed by atoms with Gasteiger partial charge in [-0.3, -0.25) is 14.5 Å². The first kappa shape index (κ1) is 22.1. The van der Waals surface area contributed by atoms with Crippen molar-refractivity contribution in [2.75, 3.05) is 19.6 Å². The third-order valence-electron chi connectivity index (χ3n) is 8.78. The maximum atomic E-state index is 12.7. The number of likely N-dealkylation sites (tertiary alicyclic amines) is 1. The number of rotatable bonds is 7. The highest BCUT2D eigenvalue weighted by Gasteiger charge is 2.58. The Balaban J connectivity index is 1.30. The Morgan fingerprint density at radius 3 is 2.47 bits per heavy atom. The zero-order chi connectivity index (χ0) is 22.3. The number of nitrogens with one attached hydrogen (secondary N) is 1. The summed E-state index contributed by atoms with van der Waals surface area (Å²) in [5.41, 5.74) is 1.28. The fraction of sp³-hybridized carbons (Fsp3) is 0.704. The molecule has 1 aromatic rings. The van der Waals surface area contributed by atoms with E-state index in [0.29, 0.717) is 11.7 Å². The second-order valence-electron chi connectivity index (χ2n) is 11.2. The molecule has 32 heavy (non-hydrogen) atoms. The van der Waals surface area contributed by atoms with E-state index < -0.39 is 0 Å². The Bertz CT molecular complexity index is 827. The number of Topliss-reactive ketones (excluding diaryl/α,β-unsaturated/α-hetero) is 1. The first-order chi connectivity index (χ1) is 15.4. The number of carbonyl (C=O) groups is 2. The number of piperidine rings is 1. The van der Waals surface area contributed by atoms with Crippen molar-refractivity contribution in [3.05, 3.63) is 35.9 Å². The average molecular weight is 439 g/mol.